The van der Waals surface area contributed by atoms with Gasteiger partial charge >= 0.3 is 0 Å². The first kappa shape index (κ1) is 12.0. The summed E-state index contributed by atoms with van der Waals surface area (Å²) in [6, 6.07) is 4.43. The van der Waals surface area contributed by atoms with E-state index in [1.165, 1.54) is 12.8 Å². The molecule has 1 heterocycles. The molecule has 1 aliphatic rings. The summed E-state index contributed by atoms with van der Waals surface area (Å²) in [5.74, 6) is 2.13. The Morgan fingerprint density at radius 1 is 1.59 bits per heavy atom. The van der Waals surface area contributed by atoms with Crippen LogP contribution in [0.15, 0.2) is 27.8 Å². The van der Waals surface area contributed by atoms with Gasteiger partial charge < -0.3 is 15.1 Å². The molecule has 1 fully saturated rings. The van der Waals surface area contributed by atoms with Crippen molar-refractivity contribution in [2.45, 2.75) is 39.3 Å². The molecule has 94 valence electrons. The Morgan fingerprint density at radius 3 is 2.88 bits per heavy atom. The minimum atomic E-state index is 0.540. The van der Waals surface area contributed by atoms with E-state index in [2.05, 4.69) is 23.7 Å². The van der Waals surface area contributed by atoms with E-state index in [-0.39, 0.29) is 0 Å². The Hall–Kier alpha value is -1.45. The quantitative estimate of drug-likeness (QED) is 0.629. The highest BCUT2D eigenvalue weighted by Crippen LogP contribution is 2.28. The summed E-state index contributed by atoms with van der Waals surface area (Å²) >= 11 is 0. The Morgan fingerprint density at radius 2 is 2.35 bits per heavy atom. The summed E-state index contributed by atoms with van der Waals surface area (Å²) in [5.41, 5.74) is 6.06. The monoisotopic (exact) mass is 235 g/mol. The fraction of sp³-hybridized carbons (Fsp3) is 0.615. The minimum Gasteiger partial charge on any atom is -0.467 e. The van der Waals surface area contributed by atoms with E-state index in [4.69, 9.17) is 10.2 Å². The smallest absolute Gasteiger partial charge is 0.191 e. The van der Waals surface area contributed by atoms with Gasteiger partial charge in [-0.3, -0.25) is 4.99 Å². The van der Waals surface area contributed by atoms with Gasteiger partial charge in [0.05, 0.1) is 12.8 Å². The van der Waals surface area contributed by atoms with E-state index in [1.54, 1.807) is 6.26 Å². The van der Waals surface area contributed by atoms with E-state index < -0.39 is 0 Å². The lowest BCUT2D eigenvalue weighted by Gasteiger charge is -2.22. The zero-order valence-corrected chi connectivity index (χ0v) is 10.6. The molecule has 1 aromatic rings. The second kappa shape index (κ2) is 5.25. The van der Waals surface area contributed by atoms with Crippen LogP contribution < -0.4 is 5.73 Å². The van der Waals surface area contributed by atoms with Crippen LogP contribution in [0.4, 0.5) is 0 Å². The van der Waals surface area contributed by atoms with Crippen molar-refractivity contribution in [1.82, 2.24) is 4.90 Å². The standard InChI is InChI=1S/C13H21N3O/c1-10(2)8-15-13(14)16(11-5-6-11)9-12-4-3-7-17-12/h3-4,7,10-11H,5-6,8-9H2,1-2H3,(H2,14,15). The molecule has 4 heteroatoms. The molecule has 2 rings (SSSR count). The van der Waals surface area contributed by atoms with Crippen molar-refractivity contribution in [3.05, 3.63) is 24.2 Å². The highest BCUT2D eigenvalue weighted by atomic mass is 16.3. The molecule has 4 nitrogen and oxygen atoms in total. The lowest BCUT2D eigenvalue weighted by Crippen LogP contribution is -2.38. The van der Waals surface area contributed by atoms with Gasteiger partial charge in [-0.05, 0) is 30.9 Å². The van der Waals surface area contributed by atoms with E-state index in [1.807, 2.05) is 12.1 Å². The van der Waals surface area contributed by atoms with E-state index in [0.717, 1.165) is 18.8 Å². The largest absolute Gasteiger partial charge is 0.467 e. The average Bonchev–Trinajstić information content (AvgIpc) is 3.00. The fourth-order valence-corrected chi connectivity index (χ4v) is 1.72. The molecule has 2 N–H and O–H groups in total. The van der Waals surface area contributed by atoms with Crippen LogP contribution in [0.3, 0.4) is 0 Å². The van der Waals surface area contributed by atoms with Crippen LogP contribution in [0.1, 0.15) is 32.4 Å². The van der Waals surface area contributed by atoms with Crippen LogP contribution >= 0.6 is 0 Å². The number of furan rings is 1. The van der Waals surface area contributed by atoms with E-state index in [0.29, 0.717) is 17.9 Å². The molecule has 0 radical (unpaired) electrons. The topological polar surface area (TPSA) is 54.8 Å². The molecule has 0 aliphatic heterocycles. The third-order valence-corrected chi connectivity index (χ3v) is 2.81. The van der Waals surface area contributed by atoms with Gasteiger partial charge in [-0.2, -0.15) is 0 Å². The number of hydrogen-bond donors (Lipinski definition) is 1. The number of nitrogens with zero attached hydrogens (tertiary/aromatic N) is 2. The fourth-order valence-electron chi connectivity index (χ4n) is 1.72. The highest BCUT2D eigenvalue weighted by Gasteiger charge is 2.30. The Kier molecular flexibility index (Phi) is 3.71. The van der Waals surface area contributed by atoms with Gasteiger partial charge in [0.1, 0.15) is 5.76 Å². The molecule has 0 aromatic carbocycles. The maximum atomic E-state index is 6.06. The minimum absolute atomic E-state index is 0.540. The van der Waals surface area contributed by atoms with Crippen LogP contribution in [-0.4, -0.2) is 23.4 Å². The van der Waals surface area contributed by atoms with Crippen LogP contribution in [0, 0.1) is 5.92 Å². The molecule has 1 saturated carbocycles. The first-order chi connectivity index (χ1) is 8.16. The van der Waals surface area contributed by atoms with Gasteiger partial charge in [-0.25, -0.2) is 0 Å². The third kappa shape index (κ3) is 3.51. The molecular weight excluding hydrogens is 214 g/mol. The summed E-state index contributed by atoms with van der Waals surface area (Å²) in [6.07, 6.45) is 4.11. The summed E-state index contributed by atoms with van der Waals surface area (Å²) in [6.45, 7) is 5.80. The van der Waals surface area contributed by atoms with Crippen LogP contribution in [0.5, 0.6) is 0 Å². The second-order valence-electron chi connectivity index (χ2n) is 5.03. The summed E-state index contributed by atoms with van der Waals surface area (Å²) in [7, 11) is 0. The Bertz CT molecular complexity index is 366. The van der Waals surface area contributed by atoms with Gasteiger partial charge in [0, 0.05) is 12.6 Å². The molecule has 0 atom stereocenters. The lowest BCUT2D eigenvalue weighted by atomic mass is 10.2. The molecule has 0 bridgehead atoms. The van der Waals surface area contributed by atoms with E-state index in [9.17, 15) is 0 Å². The molecule has 0 unspecified atom stereocenters. The van der Waals surface area contributed by atoms with Gasteiger partial charge in [0.25, 0.3) is 0 Å². The Balaban J connectivity index is 1.99. The van der Waals surface area contributed by atoms with Crippen LogP contribution in [0.2, 0.25) is 0 Å². The normalized spacial score (nSPS) is 16.5. The number of nitrogens with two attached hydrogens (primary N) is 1. The number of guanidine groups is 1. The van der Waals surface area contributed by atoms with Crippen LogP contribution in [-0.2, 0) is 6.54 Å². The first-order valence-electron chi connectivity index (χ1n) is 6.25. The molecular formula is C13H21N3O. The summed E-state index contributed by atoms with van der Waals surface area (Å²) in [5, 5.41) is 0. The Labute approximate surface area is 102 Å². The highest BCUT2D eigenvalue weighted by molar-refractivity contribution is 5.78. The van der Waals surface area contributed by atoms with Crippen molar-refractivity contribution in [1.29, 1.82) is 0 Å². The van der Waals surface area contributed by atoms with E-state index >= 15 is 0 Å². The van der Waals surface area contributed by atoms with Gasteiger partial charge in [0.2, 0.25) is 0 Å². The molecule has 0 spiro atoms. The molecule has 0 saturated heterocycles. The van der Waals surface area contributed by atoms with Crippen molar-refractivity contribution >= 4 is 5.96 Å². The van der Waals surface area contributed by atoms with Gasteiger partial charge in [-0.15, -0.1) is 0 Å². The number of aliphatic imine (C=N–C) groups is 1. The van der Waals surface area contributed by atoms with Crippen molar-refractivity contribution in [3.8, 4) is 0 Å². The SMILES string of the molecule is CC(C)CN=C(N)N(Cc1ccco1)C1CC1. The second-order valence-corrected chi connectivity index (χ2v) is 5.03. The lowest BCUT2D eigenvalue weighted by molar-refractivity contribution is 0.349. The summed E-state index contributed by atoms with van der Waals surface area (Å²) in [4.78, 5) is 6.60. The zero-order chi connectivity index (χ0) is 12.3. The molecule has 0 amide bonds. The molecule has 1 aromatic heterocycles. The predicted octanol–water partition coefficient (Wildman–Crippen LogP) is 2.21. The maximum absolute atomic E-state index is 6.06. The van der Waals surface area contributed by atoms with Crippen molar-refractivity contribution < 1.29 is 4.42 Å². The summed E-state index contributed by atoms with van der Waals surface area (Å²) < 4.78 is 5.37. The molecule has 17 heavy (non-hydrogen) atoms. The van der Waals surface area contributed by atoms with Crippen LogP contribution in [0.25, 0.3) is 0 Å². The first-order valence-corrected chi connectivity index (χ1v) is 6.25. The van der Waals surface area contributed by atoms with Crippen molar-refractivity contribution in [2.75, 3.05) is 6.54 Å². The number of hydrogen-bond acceptors (Lipinski definition) is 2. The third-order valence-electron chi connectivity index (χ3n) is 2.81. The average molecular weight is 235 g/mol. The van der Waals surface area contributed by atoms with Gasteiger partial charge in [0.15, 0.2) is 5.96 Å². The predicted molar refractivity (Wildman–Crippen MR) is 68.6 cm³/mol. The zero-order valence-electron chi connectivity index (χ0n) is 10.6. The van der Waals surface area contributed by atoms with Crippen molar-refractivity contribution in [2.24, 2.45) is 16.6 Å². The number of rotatable bonds is 5. The maximum Gasteiger partial charge on any atom is 0.191 e. The molecule has 1 aliphatic carbocycles. The van der Waals surface area contributed by atoms with Gasteiger partial charge in [-0.1, -0.05) is 13.8 Å². The van der Waals surface area contributed by atoms with Crippen molar-refractivity contribution in [3.63, 3.8) is 0 Å².